The number of carbonyl (C=O) groups excluding carboxylic acids is 1. The fraction of sp³-hybridized carbons (Fsp3) is 0.286. The van der Waals surface area contributed by atoms with Gasteiger partial charge in [-0.25, -0.2) is 0 Å². The molecule has 1 aromatic heterocycles. The van der Waals surface area contributed by atoms with Gasteiger partial charge in [-0.05, 0) is 20.0 Å². The van der Waals surface area contributed by atoms with Crippen LogP contribution in [0.25, 0.3) is 11.5 Å². The quantitative estimate of drug-likeness (QED) is 0.680. The Morgan fingerprint density at radius 2 is 1.93 bits per heavy atom. The molecule has 0 bridgehead atoms. The summed E-state index contributed by atoms with van der Waals surface area (Å²) in [5, 5.41) is 7.52. The molecule has 1 aliphatic rings. The lowest BCUT2D eigenvalue weighted by Gasteiger charge is -2.30. The standard InChI is InChI=1S/C21H22N4O2.ClH/c1-14-7-9-15(10-8-14)19(26)16-5-3-4-6-17(16)21-23-20(24-27-21)18-13-22-11-12-25(18)2;/h3-10,18,22H,11-13H2,1-2H3;1H. The number of aryl methyl sites for hydroxylation is 1. The number of hydrogen-bond acceptors (Lipinski definition) is 6. The minimum Gasteiger partial charge on any atom is -0.334 e. The topological polar surface area (TPSA) is 71.3 Å². The van der Waals surface area contributed by atoms with Gasteiger partial charge in [-0.2, -0.15) is 4.98 Å². The van der Waals surface area contributed by atoms with Gasteiger partial charge in [-0.3, -0.25) is 9.69 Å². The molecule has 6 nitrogen and oxygen atoms in total. The van der Waals surface area contributed by atoms with E-state index in [1.54, 1.807) is 6.07 Å². The number of rotatable bonds is 4. The largest absolute Gasteiger partial charge is 0.334 e. The zero-order valence-electron chi connectivity index (χ0n) is 15.9. The average molecular weight is 399 g/mol. The molecular formula is C21H23ClN4O2. The van der Waals surface area contributed by atoms with E-state index >= 15 is 0 Å². The number of likely N-dealkylation sites (N-methyl/N-ethyl adjacent to an activating group) is 1. The highest BCUT2D eigenvalue weighted by Gasteiger charge is 2.26. The van der Waals surface area contributed by atoms with Crippen molar-refractivity contribution in [1.29, 1.82) is 0 Å². The van der Waals surface area contributed by atoms with Crippen LogP contribution < -0.4 is 5.32 Å². The van der Waals surface area contributed by atoms with Gasteiger partial charge >= 0.3 is 0 Å². The van der Waals surface area contributed by atoms with E-state index in [9.17, 15) is 4.79 Å². The number of nitrogens with one attached hydrogen (secondary N) is 1. The second-order valence-electron chi connectivity index (χ2n) is 6.90. The minimum absolute atomic E-state index is 0. The molecular weight excluding hydrogens is 376 g/mol. The monoisotopic (exact) mass is 398 g/mol. The van der Waals surface area contributed by atoms with Gasteiger partial charge in [-0.1, -0.05) is 53.2 Å². The van der Waals surface area contributed by atoms with Gasteiger partial charge in [0.25, 0.3) is 5.89 Å². The predicted molar refractivity (Wildman–Crippen MR) is 110 cm³/mol. The van der Waals surface area contributed by atoms with E-state index in [1.165, 1.54) is 0 Å². The van der Waals surface area contributed by atoms with Crippen LogP contribution in [0.5, 0.6) is 0 Å². The van der Waals surface area contributed by atoms with E-state index in [2.05, 4.69) is 27.4 Å². The maximum atomic E-state index is 13.0. The number of piperazine rings is 1. The number of nitrogens with zero attached hydrogens (tertiary/aromatic N) is 3. The van der Waals surface area contributed by atoms with E-state index in [1.807, 2.05) is 49.4 Å². The van der Waals surface area contributed by atoms with Gasteiger partial charge in [0.15, 0.2) is 11.6 Å². The molecule has 0 aliphatic carbocycles. The summed E-state index contributed by atoms with van der Waals surface area (Å²) in [5.74, 6) is 0.958. The van der Waals surface area contributed by atoms with Crippen molar-refractivity contribution in [3.05, 3.63) is 71.0 Å². The zero-order chi connectivity index (χ0) is 18.8. The lowest BCUT2D eigenvalue weighted by atomic mass is 9.97. The van der Waals surface area contributed by atoms with Crippen molar-refractivity contribution in [2.24, 2.45) is 0 Å². The minimum atomic E-state index is -0.0539. The van der Waals surface area contributed by atoms with Crippen molar-refractivity contribution in [3.8, 4) is 11.5 Å². The molecule has 1 unspecified atom stereocenters. The van der Waals surface area contributed by atoms with Gasteiger partial charge in [0.2, 0.25) is 0 Å². The van der Waals surface area contributed by atoms with E-state index in [4.69, 9.17) is 4.52 Å². The lowest BCUT2D eigenvalue weighted by molar-refractivity contribution is 0.103. The van der Waals surface area contributed by atoms with Crippen molar-refractivity contribution >= 4 is 18.2 Å². The van der Waals surface area contributed by atoms with E-state index in [0.717, 1.165) is 25.2 Å². The fourth-order valence-electron chi connectivity index (χ4n) is 3.30. The Labute approximate surface area is 170 Å². The summed E-state index contributed by atoms with van der Waals surface area (Å²) in [6.07, 6.45) is 0. The van der Waals surface area contributed by atoms with E-state index in [-0.39, 0.29) is 24.2 Å². The average Bonchev–Trinajstić information content (AvgIpc) is 3.18. The highest BCUT2D eigenvalue weighted by atomic mass is 35.5. The summed E-state index contributed by atoms with van der Waals surface area (Å²) in [4.78, 5) is 19.8. The van der Waals surface area contributed by atoms with Crippen molar-refractivity contribution in [3.63, 3.8) is 0 Å². The van der Waals surface area contributed by atoms with Crippen molar-refractivity contribution in [2.45, 2.75) is 13.0 Å². The Morgan fingerprint density at radius 3 is 2.68 bits per heavy atom. The molecule has 1 aliphatic heterocycles. The highest BCUT2D eigenvalue weighted by molar-refractivity contribution is 6.12. The van der Waals surface area contributed by atoms with Crippen LogP contribution in [0.15, 0.2) is 53.1 Å². The van der Waals surface area contributed by atoms with Crippen LogP contribution in [0, 0.1) is 6.92 Å². The maximum absolute atomic E-state index is 13.0. The van der Waals surface area contributed by atoms with Gasteiger partial charge in [0, 0.05) is 30.8 Å². The second-order valence-corrected chi connectivity index (χ2v) is 6.90. The first-order valence-electron chi connectivity index (χ1n) is 9.09. The summed E-state index contributed by atoms with van der Waals surface area (Å²) >= 11 is 0. The van der Waals surface area contributed by atoms with Gasteiger partial charge in [-0.15, -0.1) is 12.4 Å². The third kappa shape index (κ3) is 3.99. The summed E-state index contributed by atoms with van der Waals surface area (Å²) in [6, 6.07) is 15.0. The first-order valence-corrected chi connectivity index (χ1v) is 9.09. The molecule has 146 valence electrons. The predicted octanol–water partition coefficient (Wildman–Crippen LogP) is 3.27. The van der Waals surface area contributed by atoms with E-state index in [0.29, 0.717) is 28.4 Å². The Morgan fingerprint density at radius 1 is 1.18 bits per heavy atom. The number of halogens is 1. The molecule has 1 N–H and O–H groups in total. The van der Waals surface area contributed by atoms with Crippen LogP contribution in [0.1, 0.15) is 33.4 Å². The normalized spacial score (nSPS) is 17.1. The fourth-order valence-corrected chi connectivity index (χ4v) is 3.30. The molecule has 2 aromatic carbocycles. The molecule has 1 atom stereocenters. The highest BCUT2D eigenvalue weighted by Crippen LogP contribution is 2.27. The van der Waals surface area contributed by atoms with Crippen LogP contribution in [-0.4, -0.2) is 47.5 Å². The molecule has 28 heavy (non-hydrogen) atoms. The molecule has 2 heterocycles. The third-order valence-corrected chi connectivity index (χ3v) is 4.97. The lowest BCUT2D eigenvalue weighted by Crippen LogP contribution is -2.44. The Hall–Kier alpha value is -2.54. The van der Waals surface area contributed by atoms with Crippen LogP contribution in [0.2, 0.25) is 0 Å². The zero-order valence-corrected chi connectivity index (χ0v) is 16.7. The summed E-state index contributed by atoms with van der Waals surface area (Å²) < 4.78 is 5.53. The first-order chi connectivity index (χ1) is 13.1. The van der Waals surface area contributed by atoms with Gasteiger partial charge < -0.3 is 9.84 Å². The van der Waals surface area contributed by atoms with Crippen molar-refractivity contribution in [1.82, 2.24) is 20.4 Å². The van der Waals surface area contributed by atoms with Crippen LogP contribution in [0.3, 0.4) is 0 Å². The summed E-state index contributed by atoms with van der Waals surface area (Å²) in [7, 11) is 2.05. The molecule has 0 radical (unpaired) electrons. The Bertz CT molecular complexity index is 955. The molecule has 4 rings (SSSR count). The summed E-state index contributed by atoms with van der Waals surface area (Å²) in [6.45, 7) is 4.65. The Balaban J connectivity index is 0.00000225. The molecule has 1 saturated heterocycles. The van der Waals surface area contributed by atoms with Crippen LogP contribution >= 0.6 is 12.4 Å². The van der Waals surface area contributed by atoms with Crippen molar-refractivity contribution in [2.75, 3.05) is 26.7 Å². The SMILES string of the molecule is Cc1ccc(C(=O)c2ccccc2-c2nc(C3CNCCN3C)no2)cc1.Cl. The molecule has 0 saturated carbocycles. The van der Waals surface area contributed by atoms with Gasteiger partial charge in [0.05, 0.1) is 11.6 Å². The van der Waals surface area contributed by atoms with Crippen molar-refractivity contribution < 1.29 is 9.32 Å². The molecule has 0 amide bonds. The van der Waals surface area contributed by atoms with Gasteiger partial charge in [0.1, 0.15) is 0 Å². The first kappa shape index (κ1) is 20.2. The molecule has 7 heteroatoms. The second kappa shape index (κ2) is 8.65. The number of aromatic nitrogens is 2. The number of benzene rings is 2. The van der Waals surface area contributed by atoms with E-state index < -0.39 is 0 Å². The van der Waals surface area contributed by atoms with Crippen LogP contribution in [0.4, 0.5) is 0 Å². The third-order valence-electron chi connectivity index (χ3n) is 4.97. The Kier molecular flexibility index (Phi) is 6.24. The molecule has 1 fully saturated rings. The molecule has 0 spiro atoms. The molecule has 3 aromatic rings. The number of hydrogen-bond donors (Lipinski definition) is 1. The number of carbonyl (C=O) groups is 1. The smallest absolute Gasteiger partial charge is 0.258 e. The van der Waals surface area contributed by atoms with Crippen LogP contribution in [-0.2, 0) is 0 Å². The maximum Gasteiger partial charge on any atom is 0.258 e. The summed E-state index contributed by atoms with van der Waals surface area (Å²) in [5.41, 5.74) is 2.98. The number of ketones is 1.